The number of benzene rings is 1. The van der Waals surface area contributed by atoms with Crippen molar-refractivity contribution < 1.29 is 4.79 Å². The van der Waals surface area contributed by atoms with E-state index in [2.05, 4.69) is 20.7 Å². The fourth-order valence-corrected chi connectivity index (χ4v) is 4.35. The molecule has 0 saturated carbocycles. The zero-order valence-electron chi connectivity index (χ0n) is 16.2. The molecule has 2 fully saturated rings. The monoisotopic (exact) mass is 404 g/mol. The Balaban J connectivity index is 0.00000225. The van der Waals surface area contributed by atoms with E-state index in [0.717, 1.165) is 44.6 Å². The number of hydrogen-bond donors (Lipinski definition) is 1. The molecule has 28 heavy (non-hydrogen) atoms. The third-order valence-corrected chi connectivity index (χ3v) is 6.07. The molecule has 8 heteroatoms. The summed E-state index contributed by atoms with van der Waals surface area (Å²) in [6.45, 7) is 4.49. The number of amides is 1. The van der Waals surface area contributed by atoms with Crippen LogP contribution in [0.15, 0.2) is 30.3 Å². The van der Waals surface area contributed by atoms with E-state index < -0.39 is 0 Å². The number of likely N-dealkylation sites (tertiary alicyclic amines) is 1. The van der Waals surface area contributed by atoms with Crippen LogP contribution in [0.4, 0.5) is 0 Å². The quantitative estimate of drug-likeness (QED) is 0.847. The maximum absolute atomic E-state index is 12.7. The third-order valence-electron chi connectivity index (χ3n) is 6.07. The van der Waals surface area contributed by atoms with Gasteiger partial charge in [0.2, 0.25) is 11.7 Å². The first-order valence-corrected chi connectivity index (χ1v) is 10.1. The highest BCUT2D eigenvalue weighted by Gasteiger charge is 2.34. The highest BCUT2D eigenvalue weighted by atomic mass is 35.5. The normalized spacial score (nSPS) is 19.1. The summed E-state index contributed by atoms with van der Waals surface area (Å²) < 4.78 is 0. The number of piperidine rings is 1. The van der Waals surface area contributed by atoms with Crippen molar-refractivity contribution in [2.45, 2.75) is 45.1 Å². The molecule has 3 heterocycles. The van der Waals surface area contributed by atoms with Gasteiger partial charge in [-0.05, 0) is 55.8 Å². The largest absolute Gasteiger partial charge is 0.343 e. The Morgan fingerprint density at radius 1 is 1.07 bits per heavy atom. The van der Waals surface area contributed by atoms with Crippen molar-refractivity contribution in [3.05, 3.63) is 30.3 Å². The van der Waals surface area contributed by atoms with Crippen LogP contribution in [0.25, 0.3) is 11.4 Å². The highest BCUT2D eigenvalue weighted by molar-refractivity contribution is 5.85. The van der Waals surface area contributed by atoms with Gasteiger partial charge in [-0.1, -0.05) is 30.3 Å². The van der Waals surface area contributed by atoms with E-state index in [0.29, 0.717) is 24.2 Å². The average Bonchev–Trinajstić information content (AvgIpc) is 3.10. The van der Waals surface area contributed by atoms with Crippen LogP contribution in [0.3, 0.4) is 0 Å². The summed E-state index contributed by atoms with van der Waals surface area (Å²) in [5.74, 6) is 0.810. The maximum Gasteiger partial charge on any atom is 0.224 e. The number of tetrazole rings is 1. The van der Waals surface area contributed by atoms with Crippen LogP contribution in [0.1, 0.15) is 38.5 Å². The lowest BCUT2D eigenvalue weighted by atomic mass is 9.73. The van der Waals surface area contributed by atoms with Gasteiger partial charge in [0, 0.05) is 25.1 Å². The Labute approximate surface area is 172 Å². The Morgan fingerprint density at radius 3 is 2.64 bits per heavy atom. The van der Waals surface area contributed by atoms with Crippen molar-refractivity contribution in [1.82, 2.24) is 30.4 Å². The fourth-order valence-electron chi connectivity index (χ4n) is 4.35. The van der Waals surface area contributed by atoms with Gasteiger partial charge in [0.05, 0.1) is 6.54 Å². The summed E-state index contributed by atoms with van der Waals surface area (Å²) in [4.78, 5) is 16.3. The van der Waals surface area contributed by atoms with Crippen LogP contribution >= 0.6 is 12.4 Å². The second-order valence-electron chi connectivity index (χ2n) is 7.81. The molecular formula is C20H29ClN6O. The van der Waals surface area contributed by atoms with Crippen molar-refractivity contribution in [1.29, 1.82) is 0 Å². The molecule has 1 amide bonds. The average molecular weight is 405 g/mol. The predicted octanol–water partition coefficient (Wildman–Crippen LogP) is 2.53. The standard InChI is InChI=1S/C20H28N6O.ClH/c27-18(25-14-4-8-20(11-16-25)9-12-21-13-10-20)7-15-26-23-19(22-24-26)17-5-2-1-3-6-17;/h1-3,5-6,21H,4,7-16H2;1H. The van der Waals surface area contributed by atoms with Gasteiger partial charge in [0.1, 0.15) is 0 Å². The molecule has 1 spiro atoms. The number of hydrogen-bond acceptors (Lipinski definition) is 5. The Bertz CT molecular complexity index is 759. The van der Waals surface area contributed by atoms with Crippen molar-refractivity contribution >= 4 is 18.3 Å². The lowest BCUT2D eigenvalue weighted by molar-refractivity contribution is -0.131. The molecule has 0 aliphatic carbocycles. The van der Waals surface area contributed by atoms with Gasteiger partial charge in [-0.3, -0.25) is 4.79 Å². The molecule has 0 radical (unpaired) electrons. The van der Waals surface area contributed by atoms with E-state index in [4.69, 9.17) is 0 Å². The van der Waals surface area contributed by atoms with E-state index in [1.807, 2.05) is 35.2 Å². The molecule has 1 N–H and O–H groups in total. The lowest BCUT2D eigenvalue weighted by Crippen LogP contribution is -2.38. The van der Waals surface area contributed by atoms with Gasteiger partial charge >= 0.3 is 0 Å². The number of nitrogens with one attached hydrogen (secondary N) is 1. The van der Waals surface area contributed by atoms with E-state index in [1.54, 1.807) is 0 Å². The number of halogens is 1. The third kappa shape index (κ3) is 4.89. The van der Waals surface area contributed by atoms with Crippen molar-refractivity contribution in [2.24, 2.45) is 5.41 Å². The summed E-state index contributed by atoms with van der Waals surface area (Å²) in [5, 5.41) is 16.1. The Morgan fingerprint density at radius 2 is 1.86 bits per heavy atom. The molecular weight excluding hydrogens is 376 g/mol. The van der Waals surface area contributed by atoms with Crippen LogP contribution in [0, 0.1) is 5.41 Å². The number of aryl methyl sites for hydroxylation is 1. The Hall–Kier alpha value is -1.99. The summed E-state index contributed by atoms with van der Waals surface area (Å²) in [7, 11) is 0. The number of carbonyl (C=O) groups is 1. The summed E-state index contributed by atoms with van der Waals surface area (Å²) in [6, 6.07) is 9.78. The smallest absolute Gasteiger partial charge is 0.224 e. The van der Waals surface area contributed by atoms with E-state index in [9.17, 15) is 4.79 Å². The van der Waals surface area contributed by atoms with Crippen LogP contribution in [0.5, 0.6) is 0 Å². The molecule has 0 bridgehead atoms. The number of carbonyl (C=O) groups excluding carboxylic acids is 1. The number of nitrogens with zero attached hydrogens (tertiary/aromatic N) is 5. The van der Waals surface area contributed by atoms with Crippen LogP contribution < -0.4 is 5.32 Å². The highest BCUT2D eigenvalue weighted by Crippen LogP contribution is 2.39. The molecule has 0 atom stereocenters. The summed E-state index contributed by atoms with van der Waals surface area (Å²) >= 11 is 0. The van der Waals surface area contributed by atoms with Gasteiger partial charge in [-0.25, -0.2) is 0 Å². The number of aromatic nitrogens is 4. The van der Waals surface area contributed by atoms with Gasteiger partial charge in [0.15, 0.2) is 0 Å². The molecule has 7 nitrogen and oxygen atoms in total. The first kappa shape index (κ1) is 20.7. The minimum atomic E-state index is 0. The van der Waals surface area contributed by atoms with Gasteiger partial charge < -0.3 is 10.2 Å². The molecule has 0 unspecified atom stereocenters. The van der Waals surface area contributed by atoms with Gasteiger partial charge in [0.25, 0.3) is 0 Å². The van der Waals surface area contributed by atoms with Gasteiger partial charge in [-0.15, -0.1) is 22.6 Å². The molecule has 2 aliphatic rings. The zero-order valence-corrected chi connectivity index (χ0v) is 17.0. The van der Waals surface area contributed by atoms with Crippen LogP contribution in [0.2, 0.25) is 0 Å². The lowest BCUT2D eigenvalue weighted by Gasteiger charge is -2.37. The van der Waals surface area contributed by atoms with Crippen LogP contribution in [-0.4, -0.2) is 57.2 Å². The minimum Gasteiger partial charge on any atom is -0.343 e. The van der Waals surface area contributed by atoms with Crippen molar-refractivity contribution in [3.8, 4) is 11.4 Å². The van der Waals surface area contributed by atoms with Crippen molar-refractivity contribution in [3.63, 3.8) is 0 Å². The van der Waals surface area contributed by atoms with Crippen molar-refractivity contribution in [2.75, 3.05) is 26.2 Å². The maximum atomic E-state index is 12.7. The van der Waals surface area contributed by atoms with E-state index in [-0.39, 0.29) is 18.3 Å². The Kier molecular flexibility index (Phi) is 7.02. The summed E-state index contributed by atoms with van der Waals surface area (Å²) in [5.41, 5.74) is 1.40. The van der Waals surface area contributed by atoms with E-state index in [1.165, 1.54) is 24.1 Å². The van der Waals surface area contributed by atoms with E-state index >= 15 is 0 Å². The summed E-state index contributed by atoms with van der Waals surface area (Å²) in [6.07, 6.45) is 6.44. The minimum absolute atomic E-state index is 0. The molecule has 2 aromatic rings. The fraction of sp³-hybridized carbons (Fsp3) is 0.600. The van der Waals surface area contributed by atoms with Gasteiger partial charge in [-0.2, -0.15) is 4.80 Å². The molecule has 152 valence electrons. The topological polar surface area (TPSA) is 75.9 Å². The second-order valence-corrected chi connectivity index (χ2v) is 7.81. The molecule has 1 aromatic carbocycles. The SMILES string of the molecule is Cl.O=C(CCn1nnc(-c2ccccc2)n1)N1CCCC2(CCNCC2)CC1. The van der Waals surface area contributed by atoms with Crippen LogP contribution in [-0.2, 0) is 11.3 Å². The molecule has 1 aromatic heterocycles. The zero-order chi connectivity index (χ0) is 18.5. The first-order chi connectivity index (χ1) is 13.2. The first-order valence-electron chi connectivity index (χ1n) is 10.1. The molecule has 2 saturated heterocycles. The molecule has 4 rings (SSSR count). The second kappa shape index (κ2) is 9.47. The number of rotatable bonds is 4. The molecule has 2 aliphatic heterocycles. The predicted molar refractivity (Wildman–Crippen MR) is 110 cm³/mol.